The summed E-state index contributed by atoms with van der Waals surface area (Å²) in [5.74, 6) is 1.23. The topological polar surface area (TPSA) is 145 Å². The van der Waals surface area contributed by atoms with Crippen LogP contribution in [0.15, 0.2) is 82.6 Å². The third-order valence-electron chi connectivity index (χ3n) is 7.05. The average Bonchev–Trinajstić information content (AvgIpc) is 3.78. The molecule has 0 spiro atoms. The van der Waals surface area contributed by atoms with Gasteiger partial charge in [-0.1, -0.05) is 30.3 Å². The number of para-hydroxylation sites is 1. The first kappa shape index (κ1) is 25.0. The van der Waals surface area contributed by atoms with Crippen molar-refractivity contribution >= 4 is 22.7 Å². The molecular weight excluding hydrogens is 504 g/mol. The molecular formula is C30H26N8O2. The van der Waals surface area contributed by atoms with Gasteiger partial charge in [-0.3, -0.25) is 14.2 Å². The van der Waals surface area contributed by atoms with E-state index in [0.717, 1.165) is 18.4 Å². The van der Waals surface area contributed by atoms with Crippen molar-refractivity contribution in [3.05, 3.63) is 105 Å². The predicted molar refractivity (Wildman–Crippen MR) is 153 cm³/mol. The number of pyridine rings is 1. The molecule has 0 saturated heterocycles. The van der Waals surface area contributed by atoms with Gasteiger partial charge in [-0.25, -0.2) is 9.97 Å². The Balaban J connectivity index is 1.54. The number of rotatable bonds is 7. The minimum atomic E-state index is -0.539. The van der Waals surface area contributed by atoms with Gasteiger partial charge >= 0.3 is 0 Å². The van der Waals surface area contributed by atoms with E-state index in [0.29, 0.717) is 40.4 Å². The molecule has 0 amide bonds. The van der Waals surface area contributed by atoms with Crippen LogP contribution in [0.3, 0.4) is 0 Å². The van der Waals surface area contributed by atoms with Gasteiger partial charge in [0.15, 0.2) is 0 Å². The lowest BCUT2D eigenvalue weighted by molar-refractivity contribution is 0.607. The number of nitrogens with two attached hydrogens (primary N) is 1. The molecule has 3 N–H and O–H groups in total. The summed E-state index contributed by atoms with van der Waals surface area (Å²) in [7, 11) is 0. The maximum Gasteiger partial charge on any atom is 0.266 e. The smallest absolute Gasteiger partial charge is 0.266 e. The van der Waals surface area contributed by atoms with E-state index in [4.69, 9.17) is 10.7 Å². The number of nitrogens with zero attached hydrogens (tertiary/aromatic N) is 6. The molecule has 3 aromatic heterocycles. The van der Waals surface area contributed by atoms with E-state index in [1.165, 1.54) is 6.20 Å². The van der Waals surface area contributed by atoms with Crippen LogP contribution < -0.4 is 22.2 Å². The number of nitrogens with one attached hydrogen (secondary N) is 1. The van der Waals surface area contributed by atoms with Gasteiger partial charge in [-0.15, -0.1) is 0 Å². The Hall–Kier alpha value is -5.30. The molecule has 1 atom stereocenters. The number of hydrogen-bond donors (Lipinski definition) is 2. The monoisotopic (exact) mass is 530 g/mol. The lowest BCUT2D eigenvalue weighted by Gasteiger charge is -2.21. The van der Waals surface area contributed by atoms with Crippen molar-refractivity contribution in [2.24, 2.45) is 5.92 Å². The van der Waals surface area contributed by atoms with Crippen LogP contribution in [0.4, 0.5) is 11.8 Å². The molecule has 6 rings (SSSR count). The number of fused-ring (bicyclic) bond motifs is 1. The van der Waals surface area contributed by atoms with E-state index >= 15 is 0 Å². The maximum absolute atomic E-state index is 14.3. The summed E-state index contributed by atoms with van der Waals surface area (Å²) in [6.45, 7) is 2.51. The van der Waals surface area contributed by atoms with E-state index in [1.807, 2.05) is 55.6 Å². The molecule has 1 fully saturated rings. The maximum atomic E-state index is 14.3. The zero-order valence-electron chi connectivity index (χ0n) is 21.8. The quantitative estimate of drug-likeness (QED) is 0.321. The number of nitriles is 1. The summed E-state index contributed by atoms with van der Waals surface area (Å²) < 4.78 is 3.30. The zero-order valence-corrected chi connectivity index (χ0v) is 21.8. The Labute approximate surface area is 229 Å². The highest BCUT2D eigenvalue weighted by Crippen LogP contribution is 2.31. The molecule has 5 aromatic rings. The molecule has 0 radical (unpaired) electrons. The average molecular weight is 531 g/mol. The minimum absolute atomic E-state index is 0.0216. The molecule has 10 nitrogen and oxygen atoms in total. The van der Waals surface area contributed by atoms with Gasteiger partial charge in [-0.2, -0.15) is 10.2 Å². The molecule has 0 aliphatic heterocycles. The first-order valence-electron chi connectivity index (χ1n) is 13.0. The Morgan fingerprint density at radius 3 is 2.62 bits per heavy atom. The fourth-order valence-corrected chi connectivity index (χ4v) is 4.87. The van der Waals surface area contributed by atoms with Crippen molar-refractivity contribution in [1.29, 1.82) is 5.26 Å². The van der Waals surface area contributed by atoms with Gasteiger partial charge in [0, 0.05) is 18.8 Å². The normalized spacial score (nSPS) is 13.6. The molecule has 40 heavy (non-hydrogen) atoms. The van der Waals surface area contributed by atoms with Crippen molar-refractivity contribution in [3.63, 3.8) is 0 Å². The SMILES string of the molecule is C[C@H](Nc1nc(N)ncc1C#N)c1nc2cccc(-c3ccc(=O)n(CC4CC4)c3)c2c(=O)n1-c1ccccc1. The fraction of sp³-hybridized carbons (Fsp3) is 0.200. The number of nitrogen functional groups attached to an aromatic ring is 1. The highest BCUT2D eigenvalue weighted by Gasteiger charge is 2.24. The van der Waals surface area contributed by atoms with Crippen LogP contribution in [0.1, 0.15) is 37.2 Å². The van der Waals surface area contributed by atoms with Crippen LogP contribution >= 0.6 is 0 Å². The summed E-state index contributed by atoms with van der Waals surface area (Å²) >= 11 is 0. The number of benzene rings is 2. The van der Waals surface area contributed by atoms with E-state index in [9.17, 15) is 14.9 Å². The molecule has 10 heteroatoms. The molecule has 0 unspecified atom stereocenters. The van der Waals surface area contributed by atoms with Crippen LogP contribution in [-0.2, 0) is 6.54 Å². The molecule has 198 valence electrons. The summed E-state index contributed by atoms with van der Waals surface area (Å²) in [5.41, 5.74) is 8.32. The van der Waals surface area contributed by atoms with Gasteiger partial charge in [-0.05, 0) is 61.1 Å². The number of anilines is 2. The van der Waals surface area contributed by atoms with Crippen LogP contribution in [0.5, 0.6) is 0 Å². The minimum Gasteiger partial charge on any atom is -0.368 e. The number of aromatic nitrogens is 5. The van der Waals surface area contributed by atoms with Crippen molar-refractivity contribution < 1.29 is 0 Å². The Kier molecular flexibility index (Phi) is 6.32. The van der Waals surface area contributed by atoms with E-state index in [1.54, 1.807) is 27.3 Å². The molecule has 2 aromatic carbocycles. The van der Waals surface area contributed by atoms with Crippen molar-refractivity contribution in [1.82, 2.24) is 24.1 Å². The highest BCUT2D eigenvalue weighted by atomic mass is 16.1. The second-order valence-corrected chi connectivity index (χ2v) is 9.97. The van der Waals surface area contributed by atoms with Gasteiger partial charge < -0.3 is 15.6 Å². The van der Waals surface area contributed by atoms with Gasteiger partial charge in [0.25, 0.3) is 11.1 Å². The Morgan fingerprint density at radius 2 is 1.88 bits per heavy atom. The summed E-state index contributed by atoms with van der Waals surface area (Å²) in [6.07, 6.45) is 5.44. The van der Waals surface area contributed by atoms with Crippen molar-refractivity contribution in [2.45, 2.75) is 32.4 Å². The van der Waals surface area contributed by atoms with Gasteiger partial charge in [0.05, 0.1) is 28.8 Å². The summed E-state index contributed by atoms with van der Waals surface area (Å²) in [6, 6.07) is 19.6. The number of hydrogen-bond acceptors (Lipinski definition) is 8. The lowest BCUT2D eigenvalue weighted by atomic mass is 10.0. The highest BCUT2D eigenvalue weighted by molar-refractivity contribution is 5.94. The van der Waals surface area contributed by atoms with Crippen molar-refractivity contribution in [3.8, 4) is 22.9 Å². The molecule has 1 aliphatic carbocycles. The van der Waals surface area contributed by atoms with E-state index in [-0.39, 0.29) is 28.4 Å². The van der Waals surface area contributed by atoms with E-state index in [2.05, 4.69) is 21.4 Å². The largest absolute Gasteiger partial charge is 0.368 e. The summed E-state index contributed by atoms with van der Waals surface area (Å²) in [5, 5.41) is 13.2. The zero-order chi connectivity index (χ0) is 27.8. The van der Waals surface area contributed by atoms with E-state index < -0.39 is 6.04 Å². The third-order valence-corrected chi connectivity index (χ3v) is 7.05. The van der Waals surface area contributed by atoms with Crippen LogP contribution in [0.2, 0.25) is 0 Å². The first-order valence-corrected chi connectivity index (χ1v) is 13.0. The predicted octanol–water partition coefficient (Wildman–Crippen LogP) is 4.04. The van der Waals surface area contributed by atoms with Gasteiger partial charge in [0.2, 0.25) is 5.95 Å². The fourth-order valence-electron chi connectivity index (χ4n) is 4.87. The van der Waals surface area contributed by atoms with Crippen molar-refractivity contribution in [2.75, 3.05) is 11.1 Å². The standard InChI is InChI=1S/C30H26N8O2/c1-18(34-27-21(14-31)15-33-30(32)36-27)28-35-24-9-5-8-23(20-12-13-25(39)37(17-20)16-19-10-11-19)26(24)29(40)38(28)22-6-3-2-4-7-22/h2-9,12-13,15,17-19H,10-11,16H2,1H3,(H3,32,33,34,36)/t18-/m0/s1. The second-order valence-electron chi connectivity index (χ2n) is 9.97. The molecule has 1 aliphatic rings. The first-order chi connectivity index (χ1) is 19.4. The van der Waals surface area contributed by atoms with Crippen LogP contribution in [-0.4, -0.2) is 24.1 Å². The lowest BCUT2D eigenvalue weighted by Crippen LogP contribution is -2.28. The Morgan fingerprint density at radius 1 is 1.07 bits per heavy atom. The van der Waals surface area contributed by atoms with Crippen LogP contribution in [0, 0.1) is 17.2 Å². The summed E-state index contributed by atoms with van der Waals surface area (Å²) in [4.78, 5) is 39.9. The van der Waals surface area contributed by atoms with Crippen LogP contribution in [0.25, 0.3) is 27.7 Å². The third kappa shape index (κ3) is 4.69. The Bertz CT molecular complexity index is 1900. The molecule has 0 bridgehead atoms. The van der Waals surface area contributed by atoms with Gasteiger partial charge in [0.1, 0.15) is 23.3 Å². The molecule has 3 heterocycles. The molecule has 1 saturated carbocycles. The second kappa shape index (κ2) is 10.1.